The highest BCUT2D eigenvalue weighted by Gasteiger charge is 2.06. The molecule has 0 fully saturated rings. The van der Waals surface area contributed by atoms with Crippen LogP contribution in [0.2, 0.25) is 0 Å². The van der Waals surface area contributed by atoms with Crippen LogP contribution in [0.25, 0.3) is 0 Å². The topological polar surface area (TPSA) is 34.0 Å². The molecule has 3 heteroatoms. The first-order valence-electron chi connectivity index (χ1n) is 6.96. The number of aromatic nitrogens is 1. The Balaban J connectivity index is 1.99. The molecule has 21 heavy (non-hydrogen) atoms. The number of nitrogens with one attached hydrogen (secondary N) is 1. The second kappa shape index (κ2) is 7.29. The molecule has 0 atom stereocenters. The standard InChI is InChI=1S/C18H20N2O/c1-3-8-15(2)18(21)19-13-17-11-7-12-20(17)14-16-9-5-4-6-10-16/h3-12H,1,13-14H2,2H3,(H,19,21)/b15-8+. The van der Waals surface area contributed by atoms with Crippen LogP contribution in [-0.2, 0) is 17.9 Å². The van der Waals surface area contributed by atoms with Gasteiger partial charge in [-0.15, -0.1) is 0 Å². The lowest BCUT2D eigenvalue weighted by molar-refractivity contribution is -0.117. The van der Waals surface area contributed by atoms with Gasteiger partial charge in [-0.1, -0.05) is 49.1 Å². The molecule has 0 unspecified atom stereocenters. The molecule has 1 amide bonds. The SMILES string of the molecule is C=C/C=C(\C)C(=O)NCc1cccn1Cc1ccccc1. The number of benzene rings is 1. The first-order chi connectivity index (χ1) is 10.2. The quantitative estimate of drug-likeness (QED) is 0.639. The van der Waals surface area contributed by atoms with Crippen LogP contribution >= 0.6 is 0 Å². The summed E-state index contributed by atoms with van der Waals surface area (Å²) in [5.41, 5.74) is 2.98. The van der Waals surface area contributed by atoms with Crippen LogP contribution < -0.4 is 5.32 Å². The molecular formula is C18H20N2O. The fourth-order valence-corrected chi connectivity index (χ4v) is 2.11. The third-order valence-electron chi connectivity index (χ3n) is 3.28. The maximum atomic E-state index is 11.9. The third kappa shape index (κ3) is 4.21. The van der Waals surface area contributed by atoms with Crippen LogP contribution in [0.5, 0.6) is 0 Å². The molecule has 0 saturated heterocycles. The summed E-state index contributed by atoms with van der Waals surface area (Å²) in [6.45, 7) is 6.69. The van der Waals surface area contributed by atoms with E-state index < -0.39 is 0 Å². The van der Waals surface area contributed by atoms with Crippen molar-refractivity contribution in [3.8, 4) is 0 Å². The Morgan fingerprint density at radius 2 is 2.00 bits per heavy atom. The van der Waals surface area contributed by atoms with Crippen LogP contribution in [0.3, 0.4) is 0 Å². The van der Waals surface area contributed by atoms with Crippen LogP contribution in [0.4, 0.5) is 0 Å². The molecule has 1 N–H and O–H groups in total. The van der Waals surface area contributed by atoms with E-state index in [-0.39, 0.29) is 5.91 Å². The largest absolute Gasteiger partial charge is 0.347 e. The zero-order chi connectivity index (χ0) is 15.1. The molecule has 0 aliphatic rings. The average Bonchev–Trinajstić information content (AvgIpc) is 2.93. The van der Waals surface area contributed by atoms with Crippen LogP contribution in [0.1, 0.15) is 18.2 Å². The zero-order valence-corrected chi connectivity index (χ0v) is 12.3. The van der Waals surface area contributed by atoms with Gasteiger partial charge in [0, 0.05) is 24.0 Å². The number of amides is 1. The Morgan fingerprint density at radius 3 is 2.71 bits per heavy atom. The number of hydrogen-bond donors (Lipinski definition) is 1. The summed E-state index contributed by atoms with van der Waals surface area (Å²) in [5.74, 6) is -0.0673. The number of rotatable bonds is 6. The van der Waals surface area contributed by atoms with Crippen LogP contribution in [0, 0.1) is 0 Å². The molecule has 2 aromatic rings. The first-order valence-corrected chi connectivity index (χ1v) is 6.96. The van der Waals surface area contributed by atoms with Crippen molar-refractivity contribution in [3.63, 3.8) is 0 Å². The number of carbonyl (C=O) groups excluding carboxylic acids is 1. The molecule has 2 rings (SSSR count). The van der Waals surface area contributed by atoms with Gasteiger partial charge in [-0.05, 0) is 24.6 Å². The number of nitrogens with zero attached hydrogens (tertiary/aromatic N) is 1. The first kappa shape index (κ1) is 14.9. The molecule has 3 nitrogen and oxygen atoms in total. The highest BCUT2D eigenvalue weighted by Crippen LogP contribution is 2.08. The van der Waals surface area contributed by atoms with Gasteiger partial charge in [0.1, 0.15) is 0 Å². The van der Waals surface area contributed by atoms with Crippen molar-refractivity contribution in [2.75, 3.05) is 0 Å². The van der Waals surface area contributed by atoms with E-state index in [4.69, 9.17) is 0 Å². The molecule has 108 valence electrons. The monoisotopic (exact) mass is 280 g/mol. The Hall–Kier alpha value is -2.55. The molecule has 1 heterocycles. The molecule has 0 saturated carbocycles. The number of carbonyl (C=O) groups is 1. The molecule has 0 aliphatic carbocycles. The molecule has 0 radical (unpaired) electrons. The van der Waals surface area contributed by atoms with Crippen molar-refractivity contribution in [1.82, 2.24) is 9.88 Å². The second-order valence-electron chi connectivity index (χ2n) is 4.88. The number of hydrogen-bond acceptors (Lipinski definition) is 1. The van der Waals surface area contributed by atoms with Gasteiger partial charge < -0.3 is 9.88 Å². The van der Waals surface area contributed by atoms with Crippen LogP contribution in [-0.4, -0.2) is 10.5 Å². The van der Waals surface area contributed by atoms with Gasteiger partial charge in [-0.25, -0.2) is 0 Å². The summed E-state index contributed by atoms with van der Waals surface area (Å²) in [6, 6.07) is 14.3. The van der Waals surface area contributed by atoms with Gasteiger partial charge >= 0.3 is 0 Å². The van der Waals surface area contributed by atoms with Gasteiger partial charge in [0.15, 0.2) is 0 Å². The minimum atomic E-state index is -0.0673. The molecule has 0 bridgehead atoms. The normalized spacial score (nSPS) is 11.2. The minimum Gasteiger partial charge on any atom is -0.347 e. The Labute approximate surface area is 125 Å². The minimum absolute atomic E-state index is 0.0673. The maximum absolute atomic E-state index is 11.9. The summed E-state index contributed by atoms with van der Waals surface area (Å²) in [6.07, 6.45) is 5.35. The van der Waals surface area contributed by atoms with E-state index in [1.54, 1.807) is 19.1 Å². The van der Waals surface area contributed by atoms with Gasteiger partial charge in [-0.2, -0.15) is 0 Å². The van der Waals surface area contributed by atoms with E-state index in [1.165, 1.54) is 5.56 Å². The Bertz CT molecular complexity index is 638. The van der Waals surface area contributed by atoms with Crippen molar-refractivity contribution in [1.29, 1.82) is 0 Å². The molecule has 1 aromatic heterocycles. The van der Waals surface area contributed by atoms with E-state index in [2.05, 4.69) is 28.6 Å². The summed E-state index contributed by atoms with van der Waals surface area (Å²) >= 11 is 0. The number of allylic oxidation sites excluding steroid dienone is 2. The highest BCUT2D eigenvalue weighted by atomic mass is 16.1. The summed E-state index contributed by atoms with van der Waals surface area (Å²) in [4.78, 5) is 11.9. The maximum Gasteiger partial charge on any atom is 0.247 e. The smallest absolute Gasteiger partial charge is 0.247 e. The van der Waals surface area contributed by atoms with Crippen molar-refractivity contribution < 1.29 is 4.79 Å². The third-order valence-corrected chi connectivity index (χ3v) is 3.28. The van der Waals surface area contributed by atoms with E-state index in [9.17, 15) is 4.79 Å². The van der Waals surface area contributed by atoms with Gasteiger partial charge in [-0.3, -0.25) is 4.79 Å². The summed E-state index contributed by atoms with van der Waals surface area (Å²) in [5, 5.41) is 2.92. The second-order valence-corrected chi connectivity index (χ2v) is 4.88. The van der Waals surface area contributed by atoms with Crippen molar-refractivity contribution in [3.05, 3.63) is 84.2 Å². The molecule has 0 spiro atoms. The van der Waals surface area contributed by atoms with E-state index in [0.29, 0.717) is 12.1 Å². The summed E-state index contributed by atoms with van der Waals surface area (Å²) in [7, 11) is 0. The Kier molecular flexibility index (Phi) is 5.16. The van der Waals surface area contributed by atoms with E-state index in [1.807, 2.05) is 36.5 Å². The molecular weight excluding hydrogens is 260 g/mol. The lowest BCUT2D eigenvalue weighted by atomic mass is 10.2. The predicted molar refractivity (Wildman–Crippen MR) is 85.8 cm³/mol. The molecule has 1 aromatic carbocycles. The van der Waals surface area contributed by atoms with Crippen molar-refractivity contribution in [2.24, 2.45) is 0 Å². The van der Waals surface area contributed by atoms with Gasteiger partial charge in [0.2, 0.25) is 5.91 Å². The van der Waals surface area contributed by atoms with E-state index >= 15 is 0 Å². The summed E-state index contributed by atoms with van der Waals surface area (Å²) < 4.78 is 2.14. The van der Waals surface area contributed by atoms with Crippen LogP contribution in [0.15, 0.2) is 73.0 Å². The average molecular weight is 280 g/mol. The fourth-order valence-electron chi connectivity index (χ4n) is 2.11. The lowest BCUT2D eigenvalue weighted by Crippen LogP contribution is -2.24. The van der Waals surface area contributed by atoms with Crippen molar-refractivity contribution in [2.45, 2.75) is 20.0 Å². The Morgan fingerprint density at radius 1 is 1.24 bits per heavy atom. The highest BCUT2D eigenvalue weighted by molar-refractivity contribution is 5.92. The zero-order valence-electron chi connectivity index (χ0n) is 12.3. The van der Waals surface area contributed by atoms with Gasteiger partial charge in [0.05, 0.1) is 6.54 Å². The fraction of sp³-hybridized carbons (Fsp3) is 0.167. The van der Waals surface area contributed by atoms with E-state index in [0.717, 1.165) is 12.2 Å². The van der Waals surface area contributed by atoms with Crippen molar-refractivity contribution >= 4 is 5.91 Å². The predicted octanol–water partition coefficient (Wildman–Crippen LogP) is 3.28. The molecule has 0 aliphatic heterocycles. The lowest BCUT2D eigenvalue weighted by Gasteiger charge is -2.10. The van der Waals surface area contributed by atoms with Gasteiger partial charge in [0.25, 0.3) is 0 Å².